The molecule has 1 saturated carbocycles. The summed E-state index contributed by atoms with van der Waals surface area (Å²) < 4.78 is 39.1. The van der Waals surface area contributed by atoms with Crippen LogP contribution in [0.4, 0.5) is 13.2 Å². The first kappa shape index (κ1) is 14.0. The Hall–Kier alpha value is -1.41. The topological polar surface area (TPSA) is 70.6 Å². The van der Waals surface area contributed by atoms with Gasteiger partial charge in [0.15, 0.2) is 5.69 Å². The summed E-state index contributed by atoms with van der Waals surface area (Å²) in [7, 11) is 0. The van der Waals surface area contributed by atoms with Gasteiger partial charge in [-0.3, -0.25) is 9.67 Å². The van der Waals surface area contributed by atoms with Crippen molar-refractivity contribution in [1.29, 1.82) is 0 Å². The minimum Gasteiger partial charge on any atom is -0.390 e. The van der Waals surface area contributed by atoms with E-state index in [1.54, 1.807) is 0 Å². The zero-order valence-corrected chi connectivity index (χ0v) is 10.0. The van der Waals surface area contributed by atoms with Crippen LogP contribution in [0.2, 0.25) is 0 Å². The van der Waals surface area contributed by atoms with Gasteiger partial charge in [0.1, 0.15) is 0 Å². The lowest BCUT2D eigenvalue weighted by Gasteiger charge is -2.13. The van der Waals surface area contributed by atoms with Gasteiger partial charge in [0.2, 0.25) is 0 Å². The van der Waals surface area contributed by atoms with Crippen molar-refractivity contribution >= 4 is 6.72 Å². The van der Waals surface area contributed by atoms with E-state index in [9.17, 15) is 23.4 Å². The van der Waals surface area contributed by atoms with E-state index in [4.69, 9.17) is 0 Å². The van der Waals surface area contributed by atoms with Crippen molar-refractivity contribution in [2.75, 3.05) is 0 Å². The first-order chi connectivity index (χ1) is 8.82. The molecule has 1 aliphatic rings. The fraction of sp³-hybridized carbons (Fsp3) is 0.636. The lowest BCUT2D eigenvalue weighted by Crippen LogP contribution is -2.17. The number of aliphatic hydroxyl groups is 2. The van der Waals surface area contributed by atoms with E-state index < -0.39 is 30.1 Å². The summed E-state index contributed by atoms with van der Waals surface area (Å²) in [4.78, 5) is 3.57. The van der Waals surface area contributed by atoms with Gasteiger partial charge >= 0.3 is 6.18 Å². The third-order valence-corrected chi connectivity index (χ3v) is 3.19. The number of aromatic nitrogens is 2. The molecule has 1 aliphatic carbocycles. The summed E-state index contributed by atoms with van der Waals surface area (Å²) in [5, 5.41) is 22.5. The number of rotatable bonds is 3. The van der Waals surface area contributed by atoms with E-state index in [1.807, 2.05) is 0 Å². The average molecular weight is 277 g/mol. The molecule has 0 saturated heterocycles. The van der Waals surface area contributed by atoms with E-state index in [0.717, 1.165) is 6.07 Å². The molecule has 0 radical (unpaired) electrons. The van der Waals surface area contributed by atoms with Crippen LogP contribution in [0.5, 0.6) is 0 Å². The number of aliphatic imine (C=N–C) groups is 1. The first-order valence-corrected chi connectivity index (χ1v) is 5.77. The number of nitrogens with zero attached hydrogens (tertiary/aromatic N) is 3. The van der Waals surface area contributed by atoms with Crippen LogP contribution >= 0.6 is 0 Å². The molecule has 2 unspecified atom stereocenters. The second-order valence-corrected chi connectivity index (χ2v) is 4.60. The Labute approximate surface area is 107 Å². The molecule has 1 aromatic rings. The van der Waals surface area contributed by atoms with Crippen LogP contribution in [0, 0.1) is 0 Å². The molecular weight excluding hydrogens is 263 g/mol. The molecule has 0 aromatic carbocycles. The highest BCUT2D eigenvalue weighted by Gasteiger charge is 2.38. The lowest BCUT2D eigenvalue weighted by molar-refractivity contribution is -0.141. The van der Waals surface area contributed by atoms with Crippen LogP contribution in [-0.4, -0.2) is 38.9 Å². The molecule has 0 bridgehead atoms. The van der Waals surface area contributed by atoms with Crippen molar-refractivity contribution in [2.24, 2.45) is 4.99 Å². The van der Waals surface area contributed by atoms with E-state index >= 15 is 0 Å². The third-order valence-electron chi connectivity index (χ3n) is 3.19. The Morgan fingerprint density at radius 3 is 2.42 bits per heavy atom. The average Bonchev–Trinajstić information content (AvgIpc) is 2.84. The molecule has 2 rings (SSSR count). The maximum Gasteiger partial charge on any atom is 0.435 e. The highest BCUT2D eigenvalue weighted by atomic mass is 19.4. The maximum absolute atomic E-state index is 12.6. The van der Waals surface area contributed by atoms with E-state index in [0.29, 0.717) is 0 Å². The van der Waals surface area contributed by atoms with Gasteiger partial charge in [-0.15, -0.1) is 0 Å². The number of aliphatic hydroxyl groups excluding tert-OH is 2. The van der Waals surface area contributed by atoms with Gasteiger partial charge in [-0.2, -0.15) is 18.3 Å². The highest BCUT2D eigenvalue weighted by Crippen LogP contribution is 2.34. The summed E-state index contributed by atoms with van der Waals surface area (Å²) in [5.41, 5.74) is -0.726. The van der Waals surface area contributed by atoms with Crippen LogP contribution < -0.4 is 0 Å². The van der Waals surface area contributed by atoms with E-state index in [1.165, 1.54) is 4.68 Å². The van der Waals surface area contributed by atoms with Crippen LogP contribution in [-0.2, 0) is 12.7 Å². The zero-order valence-electron chi connectivity index (χ0n) is 10.0. The quantitative estimate of drug-likeness (QED) is 0.814. The normalized spacial score (nSPS) is 27.7. The Bertz CT molecular complexity index is 462. The third kappa shape index (κ3) is 2.79. The van der Waals surface area contributed by atoms with Crippen LogP contribution in [0.15, 0.2) is 11.1 Å². The molecule has 5 nitrogen and oxygen atoms in total. The Morgan fingerprint density at radius 2 is 1.95 bits per heavy atom. The van der Waals surface area contributed by atoms with Gasteiger partial charge in [-0.1, -0.05) is 0 Å². The number of alkyl halides is 3. The van der Waals surface area contributed by atoms with Crippen LogP contribution in [0.25, 0.3) is 0 Å². The van der Waals surface area contributed by atoms with Crippen molar-refractivity contribution in [3.8, 4) is 0 Å². The Balaban J connectivity index is 2.33. The second kappa shape index (κ2) is 4.93. The summed E-state index contributed by atoms with van der Waals surface area (Å²) in [6, 6.07) is 0.462. The molecule has 2 N–H and O–H groups in total. The lowest BCUT2D eigenvalue weighted by atomic mass is 10.2. The van der Waals surface area contributed by atoms with Gasteiger partial charge in [0.05, 0.1) is 30.5 Å². The van der Waals surface area contributed by atoms with Crippen molar-refractivity contribution in [3.05, 3.63) is 17.5 Å². The molecule has 8 heteroatoms. The Kier molecular flexibility index (Phi) is 3.64. The van der Waals surface area contributed by atoms with Gasteiger partial charge in [-0.05, 0) is 25.6 Å². The van der Waals surface area contributed by atoms with Gasteiger partial charge in [0.25, 0.3) is 0 Å². The molecule has 0 spiro atoms. The fourth-order valence-electron chi connectivity index (χ4n) is 2.29. The molecule has 106 valence electrons. The fourth-order valence-corrected chi connectivity index (χ4v) is 2.29. The summed E-state index contributed by atoms with van der Waals surface area (Å²) in [6.07, 6.45) is -6.06. The largest absolute Gasteiger partial charge is 0.435 e. The predicted molar refractivity (Wildman–Crippen MR) is 60.8 cm³/mol. The number of hydrogen-bond acceptors (Lipinski definition) is 4. The van der Waals surface area contributed by atoms with Gasteiger partial charge in [0, 0.05) is 0 Å². The number of halogens is 3. The van der Waals surface area contributed by atoms with Crippen molar-refractivity contribution < 1.29 is 23.4 Å². The van der Waals surface area contributed by atoms with Crippen molar-refractivity contribution in [3.63, 3.8) is 0 Å². The van der Waals surface area contributed by atoms with Gasteiger partial charge < -0.3 is 10.2 Å². The standard InChI is InChI=1S/C11H14F3N3O2/c1-15-5-7-4-10(11(12,13)14)16-17(7)6-2-8(18)9(19)3-6/h4,6,8-9,18-19H,1-3,5H2. The smallest absolute Gasteiger partial charge is 0.390 e. The molecule has 1 heterocycles. The van der Waals surface area contributed by atoms with Crippen molar-refractivity contribution in [1.82, 2.24) is 9.78 Å². The SMILES string of the molecule is C=NCc1cc(C(F)(F)F)nn1C1CC(O)C(O)C1. The van der Waals surface area contributed by atoms with Crippen LogP contribution in [0.1, 0.15) is 30.3 Å². The summed E-state index contributed by atoms with van der Waals surface area (Å²) in [5.74, 6) is 0. The molecule has 19 heavy (non-hydrogen) atoms. The predicted octanol–water partition coefficient (Wildman–Crippen LogP) is 1.16. The molecule has 0 amide bonds. The van der Waals surface area contributed by atoms with Gasteiger partial charge in [-0.25, -0.2) is 0 Å². The molecule has 1 aromatic heterocycles. The van der Waals surface area contributed by atoms with Crippen LogP contribution in [0.3, 0.4) is 0 Å². The molecule has 1 fully saturated rings. The zero-order chi connectivity index (χ0) is 14.2. The second-order valence-electron chi connectivity index (χ2n) is 4.60. The summed E-state index contributed by atoms with van der Waals surface area (Å²) >= 11 is 0. The first-order valence-electron chi connectivity index (χ1n) is 5.77. The summed E-state index contributed by atoms with van der Waals surface area (Å²) in [6.45, 7) is 3.26. The highest BCUT2D eigenvalue weighted by molar-refractivity contribution is 5.25. The Morgan fingerprint density at radius 1 is 1.37 bits per heavy atom. The number of hydrogen-bond donors (Lipinski definition) is 2. The van der Waals surface area contributed by atoms with Crippen molar-refractivity contribution in [2.45, 2.75) is 43.8 Å². The van der Waals surface area contributed by atoms with E-state index in [-0.39, 0.29) is 25.1 Å². The maximum atomic E-state index is 12.6. The molecular formula is C11H14F3N3O2. The molecule has 0 aliphatic heterocycles. The molecule has 2 atom stereocenters. The minimum atomic E-state index is -4.53. The minimum absolute atomic E-state index is 0.00572. The van der Waals surface area contributed by atoms with E-state index in [2.05, 4.69) is 16.8 Å². The monoisotopic (exact) mass is 277 g/mol.